The number of hydrogen-bond acceptors (Lipinski definition) is 4. The summed E-state index contributed by atoms with van der Waals surface area (Å²) in [4.78, 5) is 14.1. The molecule has 0 aliphatic heterocycles. The van der Waals surface area contributed by atoms with Crippen LogP contribution in [-0.4, -0.2) is 47.3 Å². The van der Waals surface area contributed by atoms with Gasteiger partial charge >= 0.3 is 0 Å². The van der Waals surface area contributed by atoms with Crippen LogP contribution in [0.3, 0.4) is 0 Å². The second-order valence-electron chi connectivity index (χ2n) is 6.15. The molecule has 1 heterocycles. The van der Waals surface area contributed by atoms with Crippen LogP contribution in [-0.2, 0) is 4.79 Å². The lowest BCUT2D eigenvalue weighted by Crippen LogP contribution is -2.33. The van der Waals surface area contributed by atoms with Crippen molar-refractivity contribution in [2.75, 3.05) is 32.1 Å². The smallest absolute Gasteiger partial charge is 0.239 e. The van der Waals surface area contributed by atoms with E-state index in [9.17, 15) is 4.79 Å². The lowest BCUT2D eigenvalue weighted by atomic mass is 10.2. The Balaban J connectivity index is 1.75. The lowest BCUT2D eigenvalue weighted by Gasteiger charge is -2.18. The number of hydrogen-bond donors (Lipinski definition) is 1. The topological polar surface area (TPSA) is 59.4 Å². The van der Waals surface area contributed by atoms with Crippen molar-refractivity contribution in [1.82, 2.24) is 14.7 Å². The van der Waals surface area contributed by atoms with E-state index in [2.05, 4.69) is 10.4 Å². The summed E-state index contributed by atoms with van der Waals surface area (Å²) in [5.74, 6) is 1.55. The molecule has 0 aliphatic rings. The first-order valence-electron chi connectivity index (χ1n) is 8.17. The van der Waals surface area contributed by atoms with E-state index in [0.717, 1.165) is 17.1 Å². The number of aryl methyl sites for hydroxylation is 1. The molecule has 0 atom stereocenters. The van der Waals surface area contributed by atoms with E-state index in [1.54, 1.807) is 16.9 Å². The van der Waals surface area contributed by atoms with Crippen LogP contribution < -0.4 is 10.1 Å². The quantitative estimate of drug-likeness (QED) is 0.808. The van der Waals surface area contributed by atoms with Gasteiger partial charge < -0.3 is 10.1 Å². The number of aromatic nitrogens is 2. The monoisotopic (exact) mass is 330 g/mol. The summed E-state index contributed by atoms with van der Waals surface area (Å²) in [5, 5.41) is 7.11. The Bertz CT molecular complexity index is 667. The van der Waals surface area contributed by atoms with Gasteiger partial charge in [0.25, 0.3) is 0 Å². The second-order valence-corrected chi connectivity index (χ2v) is 6.15. The number of carbonyl (C=O) groups is 1. The molecule has 0 fully saturated rings. The second kappa shape index (κ2) is 8.49. The van der Waals surface area contributed by atoms with Gasteiger partial charge in [-0.15, -0.1) is 0 Å². The van der Waals surface area contributed by atoms with Crippen LogP contribution in [0.4, 0.5) is 5.82 Å². The number of nitrogens with one attached hydrogen (secondary N) is 1. The van der Waals surface area contributed by atoms with E-state index >= 15 is 0 Å². The number of para-hydroxylation sites is 1. The Labute approximate surface area is 143 Å². The maximum atomic E-state index is 12.1. The van der Waals surface area contributed by atoms with Crippen LogP contribution in [0.1, 0.15) is 25.5 Å². The normalized spacial score (nSPS) is 11.1. The van der Waals surface area contributed by atoms with Crippen molar-refractivity contribution in [2.45, 2.75) is 26.8 Å². The molecule has 2 aromatic rings. The molecule has 24 heavy (non-hydrogen) atoms. The molecule has 130 valence electrons. The average molecular weight is 330 g/mol. The van der Waals surface area contributed by atoms with Gasteiger partial charge in [0, 0.05) is 18.7 Å². The van der Waals surface area contributed by atoms with Gasteiger partial charge in [-0.1, -0.05) is 18.2 Å². The van der Waals surface area contributed by atoms with Gasteiger partial charge in [-0.3, -0.25) is 9.69 Å². The molecule has 0 spiro atoms. The van der Waals surface area contributed by atoms with Gasteiger partial charge in [-0.2, -0.15) is 5.10 Å². The molecular weight excluding hydrogens is 304 g/mol. The van der Waals surface area contributed by atoms with Crippen LogP contribution in [0.25, 0.3) is 0 Å². The summed E-state index contributed by atoms with van der Waals surface area (Å²) in [6.07, 6.45) is 1.69. The third-order valence-corrected chi connectivity index (χ3v) is 3.66. The van der Waals surface area contributed by atoms with Crippen molar-refractivity contribution in [3.8, 4) is 5.75 Å². The van der Waals surface area contributed by atoms with E-state index in [-0.39, 0.29) is 11.9 Å². The Kier molecular flexibility index (Phi) is 6.37. The molecule has 1 amide bonds. The van der Waals surface area contributed by atoms with Crippen molar-refractivity contribution in [1.29, 1.82) is 0 Å². The minimum Gasteiger partial charge on any atom is -0.492 e. The fourth-order valence-electron chi connectivity index (χ4n) is 2.36. The highest BCUT2D eigenvalue weighted by atomic mass is 16.5. The van der Waals surface area contributed by atoms with Crippen LogP contribution in [0, 0.1) is 6.92 Å². The summed E-state index contributed by atoms with van der Waals surface area (Å²) in [6, 6.07) is 9.92. The number of carbonyl (C=O) groups excluding carboxylic acids is 1. The fourth-order valence-corrected chi connectivity index (χ4v) is 2.36. The first kappa shape index (κ1) is 18.0. The number of amides is 1. The zero-order chi connectivity index (χ0) is 17.5. The van der Waals surface area contributed by atoms with Crippen LogP contribution in [0.15, 0.2) is 36.5 Å². The lowest BCUT2D eigenvalue weighted by molar-refractivity contribution is -0.117. The van der Waals surface area contributed by atoms with Gasteiger partial charge in [-0.05, 0) is 39.4 Å². The largest absolute Gasteiger partial charge is 0.492 e. The Morgan fingerprint density at radius 1 is 1.33 bits per heavy atom. The Morgan fingerprint density at radius 3 is 2.79 bits per heavy atom. The highest BCUT2D eigenvalue weighted by Gasteiger charge is 2.11. The molecule has 0 radical (unpaired) electrons. The van der Waals surface area contributed by atoms with E-state index in [0.29, 0.717) is 19.7 Å². The zero-order valence-corrected chi connectivity index (χ0v) is 14.8. The Morgan fingerprint density at radius 2 is 2.08 bits per heavy atom. The standard InChI is InChI=1S/C18H26N4O2/c1-14(2)22-17(9-10-19-22)20-18(23)13-21(4)11-12-24-16-8-6-5-7-15(16)3/h5-10,14H,11-13H2,1-4H3,(H,20,23). The molecule has 1 aromatic carbocycles. The molecule has 0 unspecified atom stereocenters. The number of ether oxygens (including phenoxy) is 1. The number of rotatable bonds is 8. The zero-order valence-electron chi connectivity index (χ0n) is 14.8. The number of nitrogens with zero attached hydrogens (tertiary/aromatic N) is 3. The Hall–Kier alpha value is -2.34. The summed E-state index contributed by atoms with van der Waals surface area (Å²) in [5.41, 5.74) is 1.11. The SMILES string of the molecule is Cc1ccccc1OCCN(C)CC(=O)Nc1ccnn1C(C)C. The molecule has 1 aromatic heterocycles. The van der Waals surface area contributed by atoms with Gasteiger partial charge in [0.15, 0.2) is 0 Å². The minimum atomic E-state index is -0.0595. The minimum absolute atomic E-state index is 0.0595. The summed E-state index contributed by atoms with van der Waals surface area (Å²) in [6.45, 7) is 7.59. The highest BCUT2D eigenvalue weighted by molar-refractivity contribution is 5.91. The predicted octanol–water partition coefficient (Wildman–Crippen LogP) is 2.72. The molecule has 6 nitrogen and oxygen atoms in total. The molecule has 0 saturated carbocycles. The van der Waals surface area contributed by atoms with Gasteiger partial charge in [-0.25, -0.2) is 4.68 Å². The fraction of sp³-hybridized carbons (Fsp3) is 0.444. The molecule has 6 heteroatoms. The van der Waals surface area contributed by atoms with Gasteiger partial charge in [0.1, 0.15) is 18.2 Å². The molecule has 0 saturated heterocycles. The van der Waals surface area contributed by atoms with Crippen molar-refractivity contribution in [2.24, 2.45) is 0 Å². The van der Waals surface area contributed by atoms with Crippen LogP contribution >= 0.6 is 0 Å². The third kappa shape index (κ3) is 5.09. The van der Waals surface area contributed by atoms with Gasteiger partial charge in [0.05, 0.1) is 12.7 Å². The molecular formula is C18H26N4O2. The predicted molar refractivity (Wildman–Crippen MR) is 95.4 cm³/mol. The summed E-state index contributed by atoms with van der Waals surface area (Å²) < 4.78 is 7.55. The summed E-state index contributed by atoms with van der Waals surface area (Å²) >= 11 is 0. The molecule has 0 bridgehead atoms. The van der Waals surface area contributed by atoms with E-state index < -0.39 is 0 Å². The first-order chi connectivity index (χ1) is 11.5. The van der Waals surface area contributed by atoms with Crippen LogP contribution in [0.5, 0.6) is 5.75 Å². The van der Waals surface area contributed by atoms with E-state index in [4.69, 9.17) is 4.74 Å². The van der Waals surface area contributed by atoms with Crippen molar-refractivity contribution < 1.29 is 9.53 Å². The number of anilines is 1. The molecule has 0 aliphatic carbocycles. The van der Waals surface area contributed by atoms with Gasteiger partial charge in [0.2, 0.25) is 5.91 Å². The van der Waals surface area contributed by atoms with Crippen molar-refractivity contribution in [3.63, 3.8) is 0 Å². The molecule has 1 N–H and O–H groups in total. The third-order valence-electron chi connectivity index (χ3n) is 3.66. The van der Waals surface area contributed by atoms with E-state index in [1.165, 1.54) is 0 Å². The number of benzene rings is 1. The molecule has 2 rings (SSSR count). The van der Waals surface area contributed by atoms with Crippen molar-refractivity contribution in [3.05, 3.63) is 42.1 Å². The number of likely N-dealkylation sites (N-methyl/N-ethyl adjacent to an activating group) is 1. The first-order valence-corrected chi connectivity index (χ1v) is 8.17. The average Bonchev–Trinajstić information content (AvgIpc) is 2.97. The maximum absolute atomic E-state index is 12.1. The van der Waals surface area contributed by atoms with Crippen molar-refractivity contribution >= 4 is 11.7 Å². The van der Waals surface area contributed by atoms with E-state index in [1.807, 2.05) is 57.0 Å². The summed E-state index contributed by atoms with van der Waals surface area (Å²) in [7, 11) is 1.90. The van der Waals surface area contributed by atoms with Crippen LogP contribution in [0.2, 0.25) is 0 Å². The maximum Gasteiger partial charge on any atom is 0.239 e. The highest BCUT2D eigenvalue weighted by Crippen LogP contribution is 2.16.